The molecule has 0 saturated carbocycles. The number of benzene rings is 1. The predicted octanol–water partition coefficient (Wildman–Crippen LogP) is 1.48. The van der Waals surface area contributed by atoms with E-state index in [1.54, 1.807) is 40.1 Å². The second-order valence-corrected chi connectivity index (χ2v) is 6.47. The molecule has 0 aliphatic carbocycles. The zero-order valence-corrected chi connectivity index (χ0v) is 15.8. The average Bonchev–Trinajstić information content (AvgIpc) is 2.69. The van der Waals surface area contributed by atoms with Crippen LogP contribution in [0.5, 0.6) is 0 Å². The van der Waals surface area contributed by atoms with Gasteiger partial charge in [0, 0.05) is 57.5 Å². The maximum atomic E-state index is 12.7. The highest BCUT2D eigenvalue weighted by atomic mass is 16.2. The summed E-state index contributed by atoms with van der Waals surface area (Å²) >= 11 is 0. The third-order valence-corrected chi connectivity index (χ3v) is 4.38. The van der Waals surface area contributed by atoms with Crippen LogP contribution in [0.2, 0.25) is 0 Å². The summed E-state index contributed by atoms with van der Waals surface area (Å²) in [5.41, 5.74) is 1.76. The summed E-state index contributed by atoms with van der Waals surface area (Å²) in [6.07, 6.45) is 1.34. The third kappa shape index (κ3) is 4.81. The smallest absolute Gasteiger partial charge is 0.272 e. The van der Waals surface area contributed by atoms with Crippen LogP contribution in [-0.2, 0) is 9.59 Å². The summed E-state index contributed by atoms with van der Waals surface area (Å²) in [7, 11) is 0. The molecule has 146 valence electrons. The Morgan fingerprint density at radius 3 is 2.11 bits per heavy atom. The lowest BCUT2D eigenvalue weighted by atomic mass is 10.2. The molecule has 2 N–H and O–H groups in total. The van der Waals surface area contributed by atoms with Gasteiger partial charge in [-0.05, 0) is 24.3 Å². The molecule has 28 heavy (non-hydrogen) atoms. The number of nitrogens with one attached hydrogen (secondary N) is 2. The molecule has 9 nitrogen and oxygen atoms in total. The molecule has 1 aliphatic rings. The molecule has 1 saturated heterocycles. The molecule has 0 spiro atoms. The topological polar surface area (TPSA) is 108 Å². The van der Waals surface area contributed by atoms with Crippen molar-refractivity contribution in [3.05, 3.63) is 42.4 Å². The Kier molecular flexibility index (Phi) is 5.83. The maximum Gasteiger partial charge on any atom is 0.272 e. The van der Waals surface area contributed by atoms with Crippen molar-refractivity contribution >= 4 is 34.9 Å². The second-order valence-electron chi connectivity index (χ2n) is 6.47. The Morgan fingerprint density at radius 1 is 0.893 bits per heavy atom. The molecular formula is C19H22N6O3. The van der Waals surface area contributed by atoms with Crippen molar-refractivity contribution in [2.75, 3.05) is 36.8 Å². The quantitative estimate of drug-likeness (QED) is 0.829. The zero-order chi connectivity index (χ0) is 20.1. The van der Waals surface area contributed by atoms with Gasteiger partial charge >= 0.3 is 0 Å². The highest BCUT2D eigenvalue weighted by Gasteiger charge is 2.24. The van der Waals surface area contributed by atoms with Gasteiger partial charge in [-0.3, -0.25) is 14.4 Å². The molecule has 1 fully saturated rings. The number of carbonyl (C=O) groups is 3. The molecule has 0 radical (unpaired) electrons. The van der Waals surface area contributed by atoms with E-state index < -0.39 is 0 Å². The number of piperazine rings is 1. The first-order valence-electron chi connectivity index (χ1n) is 8.94. The van der Waals surface area contributed by atoms with Crippen molar-refractivity contribution in [1.82, 2.24) is 19.8 Å². The minimum Gasteiger partial charge on any atom is -0.340 e. The Balaban J connectivity index is 1.64. The third-order valence-electron chi connectivity index (χ3n) is 4.38. The van der Waals surface area contributed by atoms with Crippen molar-refractivity contribution < 1.29 is 14.4 Å². The van der Waals surface area contributed by atoms with E-state index in [1.165, 1.54) is 20.2 Å². The van der Waals surface area contributed by atoms with Crippen LogP contribution in [-0.4, -0.2) is 63.7 Å². The molecule has 0 atom stereocenters. The van der Waals surface area contributed by atoms with Crippen LogP contribution in [0.4, 0.5) is 17.2 Å². The lowest BCUT2D eigenvalue weighted by Crippen LogP contribution is -2.50. The van der Waals surface area contributed by atoms with E-state index >= 15 is 0 Å². The van der Waals surface area contributed by atoms with Crippen molar-refractivity contribution in [2.24, 2.45) is 0 Å². The molecule has 0 unspecified atom stereocenters. The van der Waals surface area contributed by atoms with E-state index in [0.717, 1.165) is 5.69 Å². The SMILES string of the molecule is CC(=O)Nc1ccc(Nc2cc(C(=O)N3CCN(C(C)=O)CC3)ncn2)cc1. The standard InChI is InChI=1S/C19H22N6O3/c1-13(26)22-15-3-5-16(6-4-15)23-18-11-17(20-12-21-18)19(28)25-9-7-24(8-10-25)14(2)27/h3-6,11-12H,7-10H2,1-2H3,(H,22,26)(H,20,21,23). The fraction of sp³-hybridized carbons (Fsp3) is 0.316. The van der Waals surface area contributed by atoms with E-state index in [4.69, 9.17) is 0 Å². The monoisotopic (exact) mass is 382 g/mol. The summed E-state index contributed by atoms with van der Waals surface area (Å²) in [5, 5.41) is 5.82. The number of amides is 3. The van der Waals surface area contributed by atoms with Crippen LogP contribution in [0, 0.1) is 0 Å². The van der Waals surface area contributed by atoms with Gasteiger partial charge in [-0.2, -0.15) is 0 Å². The van der Waals surface area contributed by atoms with Crippen LogP contribution in [0.25, 0.3) is 0 Å². The number of hydrogen-bond donors (Lipinski definition) is 2. The number of anilines is 3. The van der Waals surface area contributed by atoms with E-state index in [9.17, 15) is 14.4 Å². The van der Waals surface area contributed by atoms with Gasteiger partial charge in [0.25, 0.3) is 5.91 Å². The highest BCUT2D eigenvalue weighted by molar-refractivity contribution is 5.93. The van der Waals surface area contributed by atoms with Crippen LogP contribution in [0.1, 0.15) is 24.3 Å². The van der Waals surface area contributed by atoms with Crippen LogP contribution >= 0.6 is 0 Å². The number of aromatic nitrogens is 2. The lowest BCUT2D eigenvalue weighted by molar-refractivity contribution is -0.130. The predicted molar refractivity (Wildman–Crippen MR) is 104 cm³/mol. The highest BCUT2D eigenvalue weighted by Crippen LogP contribution is 2.18. The summed E-state index contributed by atoms with van der Waals surface area (Å²) in [4.78, 5) is 46.8. The molecule has 1 aromatic carbocycles. The first kappa shape index (κ1) is 19.3. The summed E-state index contributed by atoms with van der Waals surface area (Å²) in [5.74, 6) is 0.191. The normalized spacial score (nSPS) is 13.8. The van der Waals surface area contributed by atoms with Gasteiger partial charge in [0.2, 0.25) is 11.8 Å². The number of rotatable bonds is 4. The maximum absolute atomic E-state index is 12.7. The molecule has 9 heteroatoms. The molecule has 2 aromatic rings. The minimum absolute atomic E-state index is 0.0187. The van der Waals surface area contributed by atoms with Crippen LogP contribution in [0.15, 0.2) is 36.7 Å². The number of hydrogen-bond acceptors (Lipinski definition) is 6. The van der Waals surface area contributed by atoms with E-state index in [0.29, 0.717) is 43.4 Å². The van der Waals surface area contributed by atoms with Gasteiger partial charge in [0.05, 0.1) is 0 Å². The van der Waals surface area contributed by atoms with Gasteiger partial charge < -0.3 is 20.4 Å². The molecule has 3 amide bonds. The van der Waals surface area contributed by atoms with E-state index in [2.05, 4.69) is 20.6 Å². The van der Waals surface area contributed by atoms with Gasteiger partial charge in [0.15, 0.2) is 0 Å². The fourth-order valence-electron chi connectivity index (χ4n) is 2.92. The van der Waals surface area contributed by atoms with Crippen molar-refractivity contribution in [3.8, 4) is 0 Å². The summed E-state index contributed by atoms with van der Waals surface area (Å²) in [6, 6.07) is 8.74. The second kappa shape index (κ2) is 8.47. The molecule has 1 aromatic heterocycles. The first-order valence-corrected chi connectivity index (χ1v) is 8.94. The molecular weight excluding hydrogens is 360 g/mol. The van der Waals surface area contributed by atoms with E-state index in [-0.39, 0.29) is 17.7 Å². The Bertz CT molecular complexity index is 875. The largest absolute Gasteiger partial charge is 0.340 e. The van der Waals surface area contributed by atoms with Gasteiger partial charge in [-0.15, -0.1) is 0 Å². The summed E-state index contributed by atoms with van der Waals surface area (Å²) in [6.45, 7) is 5.00. The van der Waals surface area contributed by atoms with E-state index in [1.807, 2.05) is 0 Å². The number of nitrogens with zero attached hydrogens (tertiary/aromatic N) is 4. The molecule has 3 rings (SSSR count). The lowest BCUT2D eigenvalue weighted by Gasteiger charge is -2.34. The minimum atomic E-state index is -0.186. The Labute approximate surface area is 162 Å². The van der Waals surface area contributed by atoms with Crippen molar-refractivity contribution in [1.29, 1.82) is 0 Å². The van der Waals surface area contributed by atoms with Gasteiger partial charge in [-0.25, -0.2) is 9.97 Å². The van der Waals surface area contributed by atoms with Gasteiger partial charge in [0.1, 0.15) is 17.8 Å². The van der Waals surface area contributed by atoms with Gasteiger partial charge in [-0.1, -0.05) is 0 Å². The van der Waals surface area contributed by atoms with Crippen molar-refractivity contribution in [3.63, 3.8) is 0 Å². The average molecular weight is 382 g/mol. The zero-order valence-electron chi connectivity index (χ0n) is 15.8. The Hall–Kier alpha value is -3.49. The number of carbonyl (C=O) groups excluding carboxylic acids is 3. The molecule has 1 aliphatic heterocycles. The summed E-state index contributed by atoms with van der Waals surface area (Å²) < 4.78 is 0. The molecule has 2 heterocycles. The van der Waals surface area contributed by atoms with Crippen LogP contribution < -0.4 is 10.6 Å². The molecule has 0 bridgehead atoms. The van der Waals surface area contributed by atoms with Crippen LogP contribution in [0.3, 0.4) is 0 Å². The Morgan fingerprint density at radius 2 is 1.50 bits per heavy atom. The fourth-order valence-corrected chi connectivity index (χ4v) is 2.92. The first-order chi connectivity index (χ1) is 13.4. The van der Waals surface area contributed by atoms with Crippen molar-refractivity contribution in [2.45, 2.75) is 13.8 Å².